The maximum absolute atomic E-state index is 5.39. The first-order valence-corrected chi connectivity index (χ1v) is 32.1. The van der Waals surface area contributed by atoms with Gasteiger partial charge >= 0.3 is 0 Å². The van der Waals surface area contributed by atoms with Crippen molar-refractivity contribution in [3.05, 3.63) is 285 Å². The predicted molar refractivity (Wildman–Crippen MR) is 360 cm³/mol. The summed E-state index contributed by atoms with van der Waals surface area (Å²) < 4.78 is 0. The van der Waals surface area contributed by atoms with E-state index >= 15 is 0 Å². The van der Waals surface area contributed by atoms with Crippen molar-refractivity contribution in [2.24, 2.45) is 0 Å². The van der Waals surface area contributed by atoms with Crippen LogP contribution in [0, 0.1) is 0 Å². The Hall–Kier alpha value is -9.45. The first-order chi connectivity index (χ1) is 41.6. The molecule has 0 aliphatic carbocycles. The molecule has 7 aromatic carbocycles. The first-order valence-electron chi connectivity index (χ1n) is 27.2. The van der Waals surface area contributed by atoms with Crippen molar-refractivity contribution in [3.63, 3.8) is 0 Å². The predicted octanol–water partition coefficient (Wildman–Crippen LogP) is 22.7. The summed E-state index contributed by atoms with van der Waals surface area (Å²) in [6.07, 6.45) is 0. The smallest absolute Gasteiger partial charge is 0.240 e. The number of para-hydroxylation sites is 5. The molecule has 12 bridgehead atoms. The number of fused-ring (bicyclic) bond motifs is 12. The van der Waals surface area contributed by atoms with Gasteiger partial charge in [0.15, 0.2) is 11.6 Å². The van der Waals surface area contributed by atoms with Crippen LogP contribution in [-0.4, -0.2) is 15.0 Å². The Kier molecular flexibility index (Phi) is 13.9. The molecule has 404 valence electrons. The van der Waals surface area contributed by atoms with E-state index in [-0.39, 0.29) is 0 Å². The molecule has 9 nitrogen and oxygen atoms in total. The van der Waals surface area contributed by atoms with Crippen molar-refractivity contribution in [1.82, 2.24) is 15.0 Å². The summed E-state index contributed by atoms with van der Waals surface area (Å²) in [6.45, 7) is 0. The molecule has 0 unspecified atom stereocenters. The zero-order valence-electron chi connectivity index (χ0n) is 44.6. The normalized spacial score (nSPS) is 12.6. The third-order valence-electron chi connectivity index (χ3n) is 14.1. The Balaban J connectivity index is 0.965. The van der Waals surface area contributed by atoms with E-state index < -0.39 is 0 Å². The Morgan fingerprint density at radius 3 is 0.560 bits per heavy atom. The van der Waals surface area contributed by atoms with Gasteiger partial charge in [0, 0.05) is 39.6 Å². The fourth-order valence-corrected chi connectivity index (χ4v) is 17.0. The zero-order valence-corrected chi connectivity index (χ0v) is 49.5. The quantitative estimate of drug-likeness (QED) is 0.148. The molecule has 0 saturated heterocycles. The van der Waals surface area contributed by atoms with Gasteiger partial charge in [-0.3, -0.25) is 29.4 Å². The highest BCUT2D eigenvalue weighted by atomic mass is 32.1. The molecule has 0 atom stereocenters. The Bertz CT molecular complexity index is 4230. The van der Waals surface area contributed by atoms with Crippen molar-refractivity contribution >= 4 is 162 Å². The highest BCUT2D eigenvalue weighted by molar-refractivity contribution is 7.25. The van der Waals surface area contributed by atoms with Crippen molar-refractivity contribution < 1.29 is 0 Å². The van der Waals surface area contributed by atoms with Gasteiger partial charge in [0.2, 0.25) is 5.95 Å². The summed E-state index contributed by atoms with van der Waals surface area (Å²) in [4.78, 5) is 30.1. The third kappa shape index (κ3) is 10.0. The molecule has 0 radical (unpaired) electrons. The van der Waals surface area contributed by atoms with Crippen molar-refractivity contribution in [1.29, 1.82) is 0 Å². The van der Waals surface area contributed by atoms with Gasteiger partial charge in [0.25, 0.3) is 0 Å². The monoisotopic (exact) mass is 1190 g/mol. The van der Waals surface area contributed by atoms with Crippen molar-refractivity contribution in [2.45, 2.75) is 0 Å². The number of rotatable bonds is 8. The minimum absolute atomic E-state index is 0.508. The van der Waals surface area contributed by atoms with Crippen LogP contribution in [0.2, 0.25) is 0 Å². The topological polar surface area (TPSA) is 58.1 Å². The maximum atomic E-state index is 5.39. The summed E-state index contributed by atoms with van der Waals surface area (Å²) in [5.41, 5.74) is 7.11. The number of aromatic nitrogens is 3. The van der Waals surface area contributed by atoms with Gasteiger partial charge in [-0.2, -0.15) is 9.97 Å². The van der Waals surface area contributed by atoms with Crippen molar-refractivity contribution in [2.75, 3.05) is 29.4 Å². The van der Waals surface area contributed by atoms with Gasteiger partial charge in [0.05, 0.1) is 0 Å². The molecular formula is C69H47N9S6. The lowest BCUT2D eigenvalue weighted by Gasteiger charge is -2.25. The number of anilines is 18. The second-order valence-corrected chi connectivity index (χ2v) is 25.6. The number of hydrogen-bond donors (Lipinski definition) is 0. The molecule has 0 fully saturated rings. The zero-order chi connectivity index (χ0) is 55.8. The fraction of sp³-hybridized carbons (Fsp3) is 0. The van der Waals surface area contributed by atoms with Crippen LogP contribution >= 0.6 is 68.0 Å². The Labute approximate surface area is 510 Å². The van der Waals surface area contributed by atoms with Crippen LogP contribution in [0.15, 0.2) is 285 Å². The highest BCUT2D eigenvalue weighted by Crippen LogP contribution is 2.56. The third-order valence-corrected chi connectivity index (χ3v) is 20.4. The largest absolute Gasteiger partial charge is 0.293 e. The van der Waals surface area contributed by atoms with E-state index in [1.54, 1.807) is 68.0 Å². The molecule has 14 aromatic rings. The lowest BCUT2D eigenvalue weighted by atomic mass is 10.2. The first kappa shape index (κ1) is 51.4. The standard InChI is InChI=1S/C69H47N9S6/c1-8-22-48(23-9-1)67-70-68(49-24-10-2-11-25-49)72-69(71-67)78-65-46-44-63(83-65)76(53-32-18-6-19-33-53)61-42-40-59(81-61)74(51-28-14-4-15-29-51)57-38-36-55(79-57)73(50-26-12-3-13-27-50)56-37-39-58(80-56)75(52-30-16-5-17-31-52)60-41-43-62(82-60)77(54-34-20-7-21-35-54)64-45-47-66(78)84-64/h1-47H. The van der Waals surface area contributed by atoms with Crippen LogP contribution in [0.3, 0.4) is 0 Å². The van der Waals surface area contributed by atoms with Gasteiger partial charge < -0.3 is 0 Å². The van der Waals surface area contributed by atoms with E-state index in [1.807, 2.05) is 36.4 Å². The lowest BCUT2D eigenvalue weighted by molar-refractivity contribution is 1.03. The summed E-state index contributed by atoms with van der Waals surface area (Å²) in [5, 5.41) is 12.6. The van der Waals surface area contributed by atoms with E-state index in [9.17, 15) is 0 Å². The van der Waals surface area contributed by atoms with Gasteiger partial charge in [0.1, 0.15) is 60.0 Å². The number of hydrogen-bond acceptors (Lipinski definition) is 15. The molecule has 7 aromatic heterocycles. The lowest BCUT2D eigenvalue weighted by Crippen LogP contribution is -2.13. The Morgan fingerprint density at radius 2 is 0.357 bits per heavy atom. The molecule has 84 heavy (non-hydrogen) atoms. The van der Waals surface area contributed by atoms with Crippen LogP contribution < -0.4 is 29.4 Å². The second-order valence-electron chi connectivity index (χ2n) is 19.4. The summed E-state index contributed by atoms with van der Waals surface area (Å²) >= 11 is 10.5. The molecule has 0 spiro atoms. The average molecular weight is 1190 g/mol. The number of thiophene rings is 6. The van der Waals surface area contributed by atoms with E-state index in [4.69, 9.17) is 15.0 Å². The summed E-state index contributed by atoms with van der Waals surface area (Å²) in [5.74, 6) is 1.68. The van der Waals surface area contributed by atoms with E-state index in [0.29, 0.717) is 17.6 Å². The molecular weight excluding hydrogens is 1150 g/mol. The molecule has 0 amide bonds. The van der Waals surface area contributed by atoms with Gasteiger partial charge in [-0.15, -0.1) is 0 Å². The molecule has 1 aliphatic rings. The minimum Gasteiger partial charge on any atom is -0.293 e. The van der Waals surface area contributed by atoms with Crippen LogP contribution in [0.25, 0.3) is 22.8 Å². The van der Waals surface area contributed by atoms with Crippen molar-refractivity contribution in [3.8, 4) is 22.8 Å². The summed E-state index contributed by atoms with van der Waals surface area (Å²) in [6, 6.07) is 101. The second kappa shape index (κ2) is 22.7. The molecule has 15 rings (SSSR count). The van der Waals surface area contributed by atoms with Crippen LogP contribution in [-0.2, 0) is 0 Å². The van der Waals surface area contributed by atoms with E-state index in [0.717, 1.165) is 99.6 Å². The average Bonchev–Trinajstić information content (AvgIpc) is 3.89. The summed E-state index contributed by atoms with van der Waals surface area (Å²) in [7, 11) is 0. The number of nitrogens with zero attached hydrogens (tertiary/aromatic N) is 9. The fourth-order valence-electron chi connectivity index (χ4n) is 10.3. The molecule has 1 aliphatic heterocycles. The molecule has 0 N–H and O–H groups in total. The Morgan fingerprint density at radius 1 is 0.179 bits per heavy atom. The van der Waals surface area contributed by atoms with E-state index in [1.165, 1.54) is 0 Å². The SMILES string of the molecule is c1ccc(-c2nc(-c3ccccc3)nc(N3c4ccc(s4)N(c4ccccc4)c4ccc(s4)N(c4ccccc4)c4ccc(s4)N(c4ccccc4)c4ccc(s4)N(c4ccccc4)c4ccc(s4)N(c4ccccc4)c4ccc3s4)n2)cc1. The van der Waals surface area contributed by atoms with E-state index in [2.05, 4.69) is 278 Å². The minimum atomic E-state index is 0.508. The molecule has 0 saturated carbocycles. The molecule has 8 heterocycles. The highest BCUT2D eigenvalue weighted by Gasteiger charge is 2.29. The maximum Gasteiger partial charge on any atom is 0.240 e. The van der Waals surface area contributed by atoms with Crippen LogP contribution in [0.4, 0.5) is 94.4 Å². The molecule has 15 heteroatoms. The number of benzene rings is 7. The van der Waals surface area contributed by atoms with Crippen LogP contribution in [0.1, 0.15) is 0 Å². The van der Waals surface area contributed by atoms with Gasteiger partial charge in [-0.05, 0) is 133 Å². The van der Waals surface area contributed by atoms with Crippen LogP contribution in [0.5, 0.6) is 0 Å². The van der Waals surface area contributed by atoms with Gasteiger partial charge in [-0.25, -0.2) is 4.98 Å². The van der Waals surface area contributed by atoms with Gasteiger partial charge in [-0.1, -0.05) is 220 Å².